The number of fused-ring (bicyclic) bond motifs is 1. The summed E-state index contributed by atoms with van der Waals surface area (Å²) in [5, 5.41) is 7.91. The van der Waals surface area contributed by atoms with Crippen molar-refractivity contribution in [1.82, 2.24) is 29.1 Å². The van der Waals surface area contributed by atoms with E-state index in [1.54, 1.807) is 50.7 Å². The van der Waals surface area contributed by atoms with E-state index in [1.807, 2.05) is 55.6 Å². The number of rotatable bonds is 8. The molecule has 3 aromatic carbocycles. The van der Waals surface area contributed by atoms with Gasteiger partial charge in [0.15, 0.2) is 0 Å². The van der Waals surface area contributed by atoms with E-state index in [2.05, 4.69) is 26.3 Å². The van der Waals surface area contributed by atoms with Crippen LogP contribution in [0.4, 0.5) is 0 Å². The monoisotopic (exact) mass is 700 g/mol. The third-order valence-corrected chi connectivity index (χ3v) is 9.50. The molecule has 0 unspecified atom stereocenters. The molecule has 12 heteroatoms. The average molecular weight is 702 g/mol. The van der Waals surface area contributed by atoms with E-state index in [0.29, 0.717) is 38.7 Å². The number of para-hydroxylation sites is 1. The fraction of sp³-hybridized carbons (Fsp3) is 0.235. The number of ether oxygens (including phenoxy) is 1. The lowest BCUT2D eigenvalue weighted by atomic mass is 10.1. The summed E-state index contributed by atoms with van der Waals surface area (Å²) in [6, 6.07) is 21.3. The van der Waals surface area contributed by atoms with Crippen LogP contribution >= 0.6 is 27.5 Å². The molecule has 1 atom stereocenters. The van der Waals surface area contributed by atoms with Crippen molar-refractivity contribution in [2.75, 3.05) is 6.54 Å². The third kappa shape index (κ3) is 5.76. The fourth-order valence-electron chi connectivity index (χ4n) is 5.79. The third-order valence-electron chi connectivity index (χ3n) is 8.27. The van der Waals surface area contributed by atoms with Gasteiger partial charge < -0.3 is 15.0 Å². The normalized spacial score (nSPS) is 14.9. The molecule has 0 bridgehead atoms. The summed E-state index contributed by atoms with van der Waals surface area (Å²) in [5.41, 5.74) is 2.91. The molecule has 1 aliphatic heterocycles. The first-order valence-corrected chi connectivity index (χ1v) is 16.2. The molecular weight excluding hydrogens is 672 g/mol. The van der Waals surface area contributed by atoms with Gasteiger partial charge in [-0.2, -0.15) is 5.10 Å². The number of halogens is 2. The number of amides is 2. The van der Waals surface area contributed by atoms with Crippen molar-refractivity contribution in [3.63, 3.8) is 0 Å². The summed E-state index contributed by atoms with van der Waals surface area (Å²) in [6.45, 7) is 2.49. The smallest absolute Gasteiger partial charge is 0.333 e. The van der Waals surface area contributed by atoms with Gasteiger partial charge in [-0.15, -0.1) is 0 Å². The van der Waals surface area contributed by atoms with Crippen LogP contribution in [0.3, 0.4) is 0 Å². The summed E-state index contributed by atoms with van der Waals surface area (Å²) < 4.78 is 11.4. The summed E-state index contributed by atoms with van der Waals surface area (Å²) in [5.74, 6) is 0.0336. The van der Waals surface area contributed by atoms with E-state index in [-0.39, 0.29) is 36.5 Å². The molecule has 46 heavy (non-hydrogen) atoms. The number of carbonyl (C=O) groups is 2. The Labute approximate surface area is 278 Å². The Hall–Kier alpha value is -4.61. The van der Waals surface area contributed by atoms with Crippen LogP contribution in [0, 0.1) is 0 Å². The number of hydrogen-bond donors (Lipinski definition) is 1. The lowest BCUT2D eigenvalue weighted by molar-refractivity contribution is 0.0706. The Balaban J connectivity index is 1.26. The van der Waals surface area contributed by atoms with E-state index in [4.69, 9.17) is 16.3 Å². The van der Waals surface area contributed by atoms with Crippen molar-refractivity contribution in [3.8, 4) is 17.1 Å². The Morgan fingerprint density at radius 2 is 1.83 bits per heavy atom. The highest BCUT2D eigenvalue weighted by Crippen LogP contribution is 2.29. The second-order valence-corrected chi connectivity index (χ2v) is 12.7. The standard InChI is InChI=1S/C34H30BrClN6O4/c1-21(26-5-2-3-6-29(26)41-16-4-15-37-41)38-32(43)31-30-20-39(33(44)22-7-14-27(35)28(36)19-22)17-18-40(30)34(45)42(31)23-8-10-24(11-9-23)46-25-12-13-25/h2-11,14-16,19,21,25H,12-13,17-18,20H2,1H3,(H,38,43)/t21-/m0/s1. The van der Waals surface area contributed by atoms with Gasteiger partial charge in [0, 0.05) is 35.5 Å². The van der Waals surface area contributed by atoms with Crippen LogP contribution < -0.4 is 15.7 Å². The SMILES string of the molecule is C[C@H](NC(=O)c1c2n(c(=O)n1-c1ccc(OC3CC3)cc1)CCN(C(=O)c1ccc(Br)c(Cl)c1)C2)c1ccccc1-n1cccn1. The van der Waals surface area contributed by atoms with E-state index in [0.717, 1.165) is 24.1 Å². The number of nitrogens with zero attached hydrogens (tertiary/aromatic N) is 5. The van der Waals surface area contributed by atoms with Crippen molar-refractivity contribution >= 4 is 39.3 Å². The number of imidazole rings is 1. The van der Waals surface area contributed by atoms with Crippen molar-refractivity contribution in [2.24, 2.45) is 0 Å². The lowest BCUT2D eigenvalue weighted by Crippen LogP contribution is -2.41. The van der Waals surface area contributed by atoms with E-state index >= 15 is 0 Å². The number of hydrogen-bond acceptors (Lipinski definition) is 5. The van der Waals surface area contributed by atoms with Gasteiger partial charge in [0.25, 0.3) is 11.8 Å². The van der Waals surface area contributed by atoms with Crippen molar-refractivity contribution < 1.29 is 14.3 Å². The predicted molar refractivity (Wildman–Crippen MR) is 177 cm³/mol. The van der Waals surface area contributed by atoms with Crippen LogP contribution in [0.5, 0.6) is 5.75 Å². The molecule has 2 aliphatic rings. The van der Waals surface area contributed by atoms with E-state index in [1.165, 1.54) is 4.57 Å². The predicted octanol–water partition coefficient (Wildman–Crippen LogP) is 5.93. The molecule has 0 saturated heterocycles. The van der Waals surface area contributed by atoms with Crippen LogP contribution in [0.2, 0.25) is 5.02 Å². The summed E-state index contributed by atoms with van der Waals surface area (Å²) >= 11 is 9.66. The van der Waals surface area contributed by atoms with E-state index < -0.39 is 11.9 Å². The molecule has 2 aromatic heterocycles. The van der Waals surface area contributed by atoms with Gasteiger partial charge in [-0.25, -0.2) is 9.48 Å². The molecular formula is C34H30BrClN6O4. The number of carbonyl (C=O) groups excluding carboxylic acids is 2. The van der Waals surface area contributed by atoms with Gasteiger partial charge in [-0.05, 0) is 95.9 Å². The topological polar surface area (TPSA) is 103 Å². The van der Waals surface area contributed by atoms with Crippen LogP contribution in [-0.4, -0.2) is 48.3 Å². The Morgan fingerprint density at radius 3 is 2.54 bits per heavy atom. The molecule has 2 amide bonds. The molecule has 7 rings (SSSR count). The molecule has 1 fully saturated rings. The van der Waals surface area contributed by atoms with Crippen molar-refractivity contribution in [2.45, 2.75) is 45.0 Å². The highest BCUT2D eigenvalue weighted by molar-refractivity contribution is 9.10. The molecule has 10 nitrogen and oxygen atoms in total. The minimum absolute atomic E-state index is 0.0681. The molecule has 3 heterocycles. The quantitative estimate of drug-likeness (QED) is 0.216. The van der Waals surface area contributed by atoms with E-state index in [9.17, 15) is 14.4 Å². The minimum Gasteiger partial charge on any atom is -0.490 e. The number of benzene rings is 3. The summed E-state index contributed by atoms with van der Waals surface area (Å²) in [6.07, 6.45) is 5.83. The molecule has 234 valence electrons. The highest BCUT2D eigenvalue weighted by atomic mass is 79.9. The van der Waals surface area contributed by atoms with Crippen molar-refractivity contribution in [3.05, 3.63) is 128 Å². The number of aromatic nitrogens is 4. The zero-order valence-corrected chi connectivity index (χ0v) is 27.2. The highest BCUT2D eigenvalue weighted by Gasteiger charge is 2.33. The maximum absolute atomic E-state index is 14.3. The first-order chi connectivity index (χ1) is 22.3. The second kappa shape index (κ2) is 12.3. The number of nitrogens with one attached hydrogen (secondary N) is 1. The maximum atomic E-state index is 14.3. The zero-order chi connectivity index (χ0) is 31.9. The van der Waals surface area contributed by atoms with Gasteiger partial charge in [0.05, 0.1) is 40.8 Å². The molecule has 5 aromatic rings. The molecule has 0 spiro atoms. The second-order valence-electron chi connectivity index (χ2n) is 11.4. The van der Waals surface area contributed by atoms with Gasteiger partial charge in [-0.1, -0.05) is 29.8 Å². The Morgan fingerprint density at radius 1 is 1.04 bits per heavy atom. The van der Waals surface area contributed by atoms with Gasteiger partial charge >= 0.3 is 5.69 Å². The summed E-state index contributed by atoms with van der Waals surface area (Å²) in [4.78, 5) is 43.5. The Kier molecular flexibility index (Phi) is 8.04. The zero-order valence-electron chi connectivity index (χ0n) is 24.9. The first-order valence-electron chi connectivity index (χ1n) is 15.0. The summed E-state index contributed by atoms with van der Waals surface area (Å²) in [7, 11) is 0. The molecule has 1 saturated carbocycles. The van der Waals surface area contributed by atoms with Gasteiger partial charge in [0.2, 0.25) is 0 Å². The largest absolute Gasteiger partial charge is 0.490 e. The minimum atomic E-state index is -0.437. The van der Waals surface area contributed by atoms with Crippen LogP contribution in [0.25, 0.3) is 11.4 Å². The fourth-order valence-corrected chi connectivity index (χ4v) is 6.21. The van der Waals surface area contributed by atoms with Crippen LogP contribution in [0.15, 0.2) is 94.5 Å². The molecule has 1 aliphatic carbocycles. The first kappa shape index (κ1) is 30.1. The molecule has 0 radical (unpaired) electrons. The average Bonchev–Trinajstić information content (AvgIpc) is 3.60. The van der Waals surface area contributed by atoms with Gasteiger partial charge in [-0.3, -0.25) is 18.7 Å². The Bertz CT molecular complexity index is 2000. The molecule has 1 N–H and O–H groups in total. The lowest BCUT2D eigenvalue weighted by Gasteiger charge is -2.28. The van der Waals surface area contributed by atoms with Gasteiger partial charge in [0.1, 0.15) is 11.4 Å². The maximum Gasteiger partial charge on any atom is 0.333 e. The van der Waals surface area contributed by atoms with Crippen LogP contribution in [0.1, 0.15) is 57.9 Å². The van der Waals surface area contributed by atoms with Crippen molar-refractivity contribution in [1.29, 1.82) is 0 Å². The van der Waals surface area contributed by atoms with Crippen LogP contribution in [-0.2, 0) is 13.1 Å².